The van der Waals surface area contributed by atoms with Gasteiger partial charge in [0.25, 0.3) is 0 Å². The predicted octanol–water partition coefficient (Wildman–Crippen LogP) is 3.32. The fourth-order valence-corrected chi connectivity index (χ4v) is 2.66. The summed E-state index contributed by atoms with van der Waals surface area (Å²) >= 11 is 0. The molecule has 2 rings (SSSR count). The Morgan fingerprint density at radius 1 is 1.41 bits per heavy atom. The summed E-state index contributed by atoms with van der Waals surface area (Å²) in [6, 6.07) is 4.37. The zero-order chi connectivity index (χ0) is 12.5. The van der Waals surface area contributed by atoms with Gasteiger partial charge in [0, 0.05) is 12.5 Å². The second kappa shape index (κ2) is 4.73. The van der Waals surface area contributed by atoms with E-state index in [1.807, 2.05) is 6.92 Å². The van der Waals surface area contributed by atoms with E-state index < -0.39 is 5.67 Å². The molecule has 0 spiro atoms. The highest BCUT2D eigenvalue weighted by molar-refractivity contribution is 5.32. The number of nitrogens with one attached hydrogen (secondary N) is 1. The van der Waals surface area contributed by atoms with Crippen molar-refractivity contribution >= 4 is 0 Å². The lowest BCUT2D eigenvalue weighted by molar-refractivity contribution is 0.0802. The van der Waals surface area contributed by atoms with E-state index in [1.165, 1.54) is 12.1 Å². The van der Waals surface area contributed by atoms with Gasteiger partial charge in [-0.1, -0.05) is 6.07 Å². The largest absolute Gasteiger partial charge is 0.316 e. The van der Waals surface area contributed by atoms with Crippen LogP contribution in [0.3, 0.4) is 0 Å². The van der Waals surface area contributed by atoms with E-state index in [0.717, 1.165) is 24.9 Å². The zero-order valence-corrected chi connectivity index (χ0v) is 10.4. The fraction of sp³-hybridized carbons (Fsp3) is 0.571. The highest BCUT2D eigenvalue weighted by Gasteiger charge is 2.37. The summed E-state index contributed by atoms with van der Waals surface area (Å²) in [5, 5.41) is 3.21. The number of halogens is 2. The Balaban J connectivity index is 2.32. The summed E-state index contributed by atoms with van der Waals surface area (Å²) in [5.41, 5.74) is -0.146. The maximum absolute atomic E-state index is 14.9. The first kappa shape index (κ1) is 12.5. The van der Waals surface area contributed by atoms with Crippen molar-refractivity contribution < 1.29 is 8.78 Å². The number of hydrogen-bond acceptors (Lipinski definition) is 1. The molecule has 1 aliphatic heterocycles. The maximum atomic E-state index is 14.9. The molecular weight excluding hydrogens is 220 g/mol. The number of alkyl halides is 1. The first-order valence-corrected chi connectivity index (χ1v) is 6.18. The minimum Gasteiger partial charge on any atom is -0.316 e. The Kier molecular flexibility index (Phi) is 3.48. The molecule has 1 heterocycles. The van der Waals surface area contributed by atoms with Crippen LogP contribution < -0.4 is 5.32 Å². The third-order valence-corrected chi connectivity index (χ3v) is 3.79. The molecule has 94 valence electrons. The third kappa shape index (κ3) is 2.49. The normalized spacial score (nSPS) is 24.4. The number of benzene rings is 1. The molecule has 1 saturated heterocycles. The quantitative estimate of drug-likeness (QED) is 0.834. The van der Waals surface area contributed by atoms with E-state index in [1.54, 1.807) is 13.0 Å². The van der Waals surface area contributed by atoms with E-state index in [0.29, 0.717) is 12.1 Å². The smallest absolute Gasteiger partial charge is 0.137 e. The average molecular weight is 239 g/mol. The Labute approximate surface area is 101 Å². The zero-order valence-electron chi connectivity index (χ0n) is 10.4. The molecule has 2 unspecified atom stereocenters. The molecule has 1 fully saturated rings. The number of piperidine rings is 1. The minimum absolute atomic E-state index is 0.0725. The Hall–Kier alpha value is -0.960. The molecule has 0 aliphatic carbocycles. The molecule has 1 nitrogen and oxygen atoms in total. The third-order valence-electron chi connectivity index (χ3n) is 3.79. The van der Waals surface area contributed by atoms with Crippen molar-refractivity contribution in [2.45, 2.75) is 32.4 Å². The van der Waals surface area contributed by atoms with Gasteiger partial charge in [0.05, 0.1) is 0 Å². The first-order valence-electron chi connectivity index (χ1n) is 6.18. The number of rotatable bonds is 2. The van der Waals surface area contributed by atoms with Gasteiger partial charge in [-0.15, -0.1) is 0 Å². The molecule has 0 amide bonds. The van der Waals surface area contributed by atoms with Gasteiger partial charge in [-0.3, -0.25) is 0 Å². The van der Waals surface area contributed by atoms with Crippen molar-refractivity contribution in [1.29, 1.82) is 0 Å². The van der Waals surface area contributed by atoms with Crippen LogP contribution in [0.1, 0.15) is 30.9 Å². The maximum Gasteiger partial charge on any atom is 0.137 e. The van der Waals surface area contributed by atoms with Crippen molar-refractivity contribution in [3.05, 3.63) is 35.1 Å². The van der Waals surface area contributed by atoms with Crippen LogP contribution in [0, 0.1) is 18.7 Å². The van der Waals surface area contributed by atoms with E-state index in [4.69, 9.17) is 0 Å². The van der Waals surface area contributed by atoms with Crippen LogP contribution in [0.25, 0.3) is 0 Å². The summed E-state index contributed by atoms with van der Waals surface area (Å²) in [6.07, 6.45) is 1.84. The predicted molar refractivity (Wildman–Crippen MR) is 65.2 cm³/mol. The van der Waals surface area contributed by atoms with E-state index >= 15 is 0 Å². The summed E-state index contributed by atoms with van der Waals surface area (Å²) in [5.74, 6) is -0.435. The van der Waals surface area contributed by atoms with Gasteiger partial charge in [-0.2, -0.15) is 0 Å². The molecule has 0 saturated carbocycles. The lowest BCUT2D eigenvalue weighted by Crippen LogP contribution is -2.40. The average Bonchev–Trinajstić information content (AvgIpc) is 2.33. The molecule has 0 bridgehead atoms. The Morgan fingerprint density at radius 3 is 2.82 bits per heavy atom. The van der Waals surface area contributed by atoms with E-state index in [2.05, 4.69) is 5.32 Å². The Bertz CT molecular complexity index is 395. The van der Waals surface area contributed by atoms with Crippen molar-refractivity contribution in [2.75, 3.05) is 13.1 Å². The first-order chi connectivity index (χ1) is 8.01. The van der Waals surface area contributed by atoms with Gasteiger partial charge in [-0.25, -0.2) is 8.78 Å². The molecule has 0 aromatic heterocycles. The van der Waals surface area contributed by atoms with Crippen LogP contribution in [0.15, 0.2) is 18.2 Å². The lowest BCUT2D eigenvalue weighted by Gasteiger charge is -2.35. The summed E-state index contributed by atoms with van der Waals surface area (Å²) in [6.45, 7) is 5.03. The molecule has 3 heteroatoms. The summed E-state index contributed by atoms with van der Waals surface area (Å²) in [4.78, 5) is 0. The number of hydrogen-bond donors (Lipinski definition) is 1. The van der Waals surface area contributed by atoms with Crippen molar-refractivity contribution in [2.24, 2.45) is 5.92 Å². The lowest BCUT2D eigenvalue weighted by atomic mass is 9.78. The topological polar surface area (TPSA) is 12.0 Å². The Morgan fingerprint density at radius 2 is 2.18 bits per heavy atom. The number of aryl methyl sites for hydroxylation is 1. The fourth-order valence-electron chi connectivity index (χ4n) is 2.66. The van der Waals surface area contributed by atoms with Gasteiger partial charge >= 0.3 is 0 Å². The van der Waals surface area contributed by atoms with Crippen molar-refractivity contribution in [3.8, 4) is 0 Å². The molecule has 1 aromatic rings. The van der Waals surface area contributed by atoms with Gasteiger partial charge in [0.1, 0.15) is 11.5 Å². The monoisotopic (exact) mass is 239 g/mol. The SMILES string of the molecule is Cc1ccc(F)cc1C(C)(F)C1CCCNC1. The van der Waals surface area contributed by atoms with Crippen molar-refractivity contribution in [1.82, 2.24) is 5.32 Å². The van der Waals surface area contributed by atoms with Gasteiger partial charge in [0.2, 0.25) is 0 Å². The van der Waals surface area contributed by atoms with Crippen LogP contribution in [0.2, 0.25) is 0 Å². The van der Waals surface area contributed by atoms with Crippen LogP contribution in [-0.4, -0.2) is 13.1 Å². The second-order valence-corrected chi connectivity index (χ2v) is 5.08. The molecule has 1 aromatic carbocycles. The molecule has 2 atom stereocenters. The second-order valence-electron chi connectivity index (χ2n) is 5.08. The molecule has 17 heavy (non-hydrogen) atoms. The van der Waals surface area contributed by atoms with Crippen LogP contribution >= 0.6 is 0 Å². The summed E-state index contributed by atoms with van der Waals surface area (Å²) in [7, 11) is 0. The minimum atomic E-state index is -1.46. The molecule has 1 aliphatic rings. The van der Waals surface area contributed by atoms with Crippen LogP contribution in [-0.2, 0) is 5.67 Å². The highest BCUT2D eigenvalue weighted by Crippen LogP contribution is 2.39. The van der Waals surface area contributed by atoms with Crippen molar-refractivity contribution in [3.63, 3.8) is 0 Å². The van der Waals surface area contributed by atoms with E-state index in [9.17, 15) is 8.78 Å². The van der Waals surface area contributed by atoms with E-state index in [-0.39, 0.29) is 11.7 Å². The van der Waals surface area contributed by atoms with Gasteiger partial charge in [0.15, 0.2) is 0 Å². The van der Waals surface area contributed by atoms with Crippen LogP contribution in [0.4, 0.5) is 8.78 Å². The van der Waals surface area contributed by atoms with Gasteiger partial charge in [-0.05, 0) is 56.5 Å². The highest BCUT2D eigenvalue weighted by atomic mass is 19.1. The molecular formula is C14H19F2N. The standard InChI is InChI=1S/C14H19F2N/c1-10-5-6-12(15)8-13(10)14(2,16)11-4-3-7-17-9-11/h5-6,8,11,17H,3-4,7,9H2,1-2H3. The summed E-state index contributed by atoms with van der Waals surface area (Å²) < 4.78 is 28.2. The molecule has 1 N–H and O–H groups in total. The van der Waals surface area contributed by atoms with Crippen LogP contribution in [0.5, 0.6) is 0 Å². The van der Waals surface area contributed by atoms with Gasteiger partial charge < -0.3 is 5.32 Å². The molecule has 0 radical (unpaired) electrons.